The Labute approximate surface area is 94.2 Å². The monoisotopic (exact) mass is 235 g/mol. The second-order valence-electron chi connectivity index (χ2n) is 4.09. The van der Waals surface area contributed by atoms with Gasteiger partial charge in [-0.25, -0.2) is 0 Å². The molecule has 0 atom stereocenters. The molecule has 5 heteroatoms. The molecule has 0 bridgehead atoms. The number of hydrogen-bond donors (Lipinski definition) is 2. The van der Waals surface area contributed by atoms with Gasteiger partial charge < -0.3 is 10.3 Å². The molecule has 0 radical (unpaired) electrons. The molecule has 84 valence electrons. The van der Waals surface area contributed by atoms with Crippen LogP contribution in [0, 0.1) is 0 Å². The zero-order chi connectivity index (χ0) is 11.8. The van der Waals surface area contributed by atoms with Crippen molar-refractivity contribution in [1.82, 2.24) is 10.2 Å². The van der Waals surface area contributed by atoms with Crippen molar-refractivity contribution in [3.8, 4) is 11.3 Å². The van der Waals surface area contributed by atoms with E-state index < -0.39 is 7.14 Å². The maximum absolute atomic E-state index is 12.0. The predicted octanol–water partition coefficient (Wildman–Crippen LogP) is 1.91. The van der Waals surface area contributed by atoms with E-state index in [1.165, 1.54) is 0 Å². The summed E-state index contributed by atoms with van der Waals surface area (Å²) >= 11 is 0. The van der Waals surface area contributed by atoms with Gasteiger partial charge in [-0.15, -0.1) is 0 Å². The Morgan fingerprint density at radius 1 is 1.31 bits per heavy atom. The van der Waals surface area contributed by atoms with Crippen LogP contribution in [0.15, 0.2) is 30.5 Å². The number of anilines is 1. The van der Waals surface area contributed by atoms with Gasteiger partial charge in [0.25, 0.3) is 0 Å². The summed E-state index contributed by atoms with van der Waals surface area (Å²) in [5, 5.41) is 7.56. The predicted molar refractivity (Wildman–Crippen MR) is 67.5 cm³/mol. The molecular formula is C11H14N3OP. The lowest BCUT2D eigenvalue weighted by Gasteiger charge is -2.10. The van der Waals surface area contributed by atoms with Crippen LogP contribution in [-0.2, 0) is 4.57 Å². The maximum atomic E-state index is 12.0. The first kappa shape index (κ1) is 11.0. The number of nitrogens with two attached hydrogens (primary N) is 1. The Morgan fingerprint density at radius 3 is 2.62 bits per heavy atom. The number of aromatic amines is 1. The average Bonchev–Trinajstić information content (AvgIpc) is 2.69. The number of nitrogens with one attached hydrogen (secondary N) is 1. The summed E-state index contributed by atoms with van der Waals surface area (Å²) in [6.07, 6.45) is 1.67. The largest absolute Gasteiger partial charge is 0.398 e. The van der Waals surface area contributed by atoms with Gasteiger partial charge in [-0.3, -0.25) is 5.10 Å². The van der Waals surface area contributed by atoms with Gasteiger partial charge >= 0.3 is 0 Å². The lowest BCUT2D eigenvalue weighted by atomic mass is 10.1. The molecule has 0 saturated heterocycles. The van der Waals surface area contributed by atoms with Crippen molar-refractivity contribution in [3.05, 3.63) is 30.5 Å². The first-order chi connectivity index (χ1) is 7.48. The second-order valence-corrected chi connectivity index (χ2v) is 7.31. The van der Waals surface area contributed by atoms with E-state index in [4.69, 9.17) is 5.73 Å². The molecule has 0 fully saturated rings. The number of benzene rings is 1. The zero-order valence-corrected chi connectivity index (χ0v) is 10.2. The van der Waals surface area contributed by atoms with Gasteiger partial charge in [-0.1, -0.05) is 0 Å². The van der Waals surface area contributed by atoms with Crippen molar-refractivity contribution in [1.29, 1.82) is 0 Å². The van der Waals surface area contributed by atoms with Gasteiger partial charge in [0.1, 0.15) is 7.14 Å². The maximum Gasteiger partial charge on any atom is 0.109 e. The van der Waals surface area contributed by atoms with Crippen molar-refractivity contribution >= 4 is 18.1 Å². The number of nitrogens with zero attached hydrogens (tertiary/aromatic N) is 1. The van der Waals surface area contributed by atoms with Crippen LogP contribution in [0.25, 0.3) is 11.3 Å². The van der Waals surface area contributed by atoms with Crippen LogP contribution in [0.4, 0.5) is 5.69 Å². The Morgan fingerprint density at radius 2 is 2.06 bits per heavy atom. The molecule has 1 heterocycles. The fraction of sp³-hybridized carbons (Fsp3) is 0.182. The van der Waals surface area contributed by atoms with Gasteiger partial charge in [-0.05, 0) is 37.6 Å². The van der Waals surface area contributed by atoms with E-state index in [1.54, 1.807) is 25.6 Å². The standard InChI is InChI=1S/C11H14N3OP/c1-16(2,15)8-3-4-10(12)9(7-8)11-5-6-13-14-11/h3-7H,12H2,1-2H3,(H,13,14). The Bertz CT molecular complexity index is 542. The van der Waals surface area contributed by atoms with Crippen molar-refractivity contribution in [3.63, 3.8) is 0 Å². The van der Waals surface area contributed by atoms with Gasteiger partial charge in [0.2, 0.25) is 0 Å². The molecular weight excluding hydrogens is 221 g/mol. The quantitative estimate of drug-likeness (QED) is 0.617. The summed E-state index contributed by atoms with van der Waals surface area (Å²) in [6.45, 7) is 3.49. The molecule has 0 unspecified atom stereocenters. The number of aromatic nitrogens is 2. The van der Waals surface area contributed by atoms with Gasteiger partial charge in [0.15, 0.2) is 0 Å². The van der Waals surface area contributed by atoms with Crippen molar-refractivity contribution in [2.75, 3.05) is 19.1 Å². The van der Waals surface area contributed by atoms with E-state index in [0.29, 0.717) is 5.69 Å². The fourth-order valence-electron chi connectivity index (χ4n) is 1.52. The Balaban J connectivity index is 2.58. The summed E-state index contributed by atoms with van der Waals surface area (Å²) in [4.78, 5) is 0. The van der Waals surface area contributed by atoms with Crippen LogP contribution in [0.3, 0.4) is 0 Å². The summed E-state index contributed by atoms with van der Waals surface area (Å²) in [5.74, 6) is 0. The highest BCUT2D eigenvalue weighted by Crippen LogP contribution is 2.36. The zero-order valence-electron chi connectivity index (χ0n) is 9.27. The molecule has 0 saturated carbocycles. The third-order valence-electron chi connectivity index (χ3n) is 2.45. The molecule has 16 heavy (non-hydrogen) atoms. The van der Waals surface area contributed by atoms with Crippen LogP contribution >= 0.6 is 7.14 Å². The molecule has 0 aliphatic rings. The van der Waals surface area contributed by atoms with Crippen LogP contribution < -0.4 is 11.0 Å². The van der Waals surface area contributed by atoms with Crippen molar-refractivity contribution in [2.45, 2.75) is 0 Å². The minimum atomic E-state index is -2.26. The van der Waals surface area contributed by atoms with Gasteiger partial charge in [0, 0.05) is 22.8 Å². The molecule has 2 rings (SSSR count). The van der Waals surface area contributed by atoms with Gasteiger partial charge in [-0.2, -0.15) is 5.10 Å². The molecule has 2 aromatic rings. The van der Waals surface area contributed by atoms with E-state index in [0.717, 1.165) is 16.6 Å². The molecule has 1 aromatic carbocycles. The van der Waals surface area contributed by atoms with E-state index in [2.05, 4.69) is 10.2 Å². The SMILES string of the molecule is CP(C)(=O)c1ccc(N)c(-c2ccn[nH]2)c1. The molecule has 0 amide bonds. The van der Waals surface area contributed by atoms with Crippen molar-refractivity contribution in [2.24, 2.45) is 0 Å². The fourth-order valence-corrected chi connectivity index (χ4v) is 2.39. The number of rotatable bonds is 2. The highest BCUT2D eigenvalue weighted by Gasteiger charge is 2.13. The van der Waals surface area contributed by atoms with E-state index in [9.17, 15) is 4.57 Å². The molecule has 0 spiro atoms. The van der Waals surface area contributed by atoms with Crippen LogP contribution in [-0.4, -0.2) is 23.5 Å². The van der Waals surface area contributed by atoms with Crippen molar-refractivity contribution < 1.29 is 4.57 Å². The lowest BCUT2D eigenvalue weighted by molar-refractivity contribution is 0.588. The average molecular weight is 235 g/mol. The lowest BCUT2D eigenvalue weighted by Crippen LogP contribution is -2.04. The minimum absolute atomic E-state index is 0.654. The molecule has 0 aliphatic carbocycles. The number of nitrogen functional groups attached to an aromatic ring is 1. The van der Waals surface area contributed by atoms with Crippen LogP contribution in [0.1, 0.15) is 0 Å². The highest BCUT2D eigenvalue weighted by molar-refractivity contribution is 7.70. The van der Waals surface area contributed by atoms with Gasteiger partial charge in [0.05, 0.1) is 5.69 Å². The number of hydrogen-bond acceptors (Lipinski definition) is 3. The smallest absolute Gasteiger partial charge is 0.109 e. The normalized spacial score (nSPS) is 11.6. The summed E-state index contributed by atoms with van der Waals surface area (Å²) in [5.41, 5.74) is 8.23. The first-order valence-electron chi connectivity index (χ1n) is 4.93. The first-order valence-corrected chi connectivity index (χ1v) is 7.53. The third kappa shape index (κ3) is 2.02. The Hall–Kier alpha value is -1.54. The second kappa shape index (κ2) is 3.80. The minimum Gasteiger partial charge on any atom is -0.398 e. The topological polar surface area (TPSA) is 71.8 Å². The Kier molecular flexibility index (Phi) is 2.60. The summed E-state index contributed by atoms with van der Waals surface area (Å²) < 4.78 is 12.0. The molecule has 4 nitrogen and oxygen atoms in total. The number of H-pyrrole nitrogens is 1. The van der Waals surface area contributed by atoms with Crippen LogP contribution in [0.5, 0.6) is 0 Å². The van der Waals surface area contributed by atoms with E-state index in [1.807, 2.05) is 18.2 Å². The van der Waals surface area contributed by atoms with Crippen LogP contribution in [0.2, 0.25) is 0 Å². The van der Waals surface area contributed by atoms with E-state index >= 15 is 0 Å². The molecule has 1 aromatic heterocycles. The highest BCUT2D eigenvalue weighted by atomic mass is 31.2. The summed E-state index contributed by atoms with van der Waals surface area (Å²) in [7, 11) is -2.26. The molecule has 3 N–H and O–H groups in total. The summed E-state index contributed by atoms with van der Waals surface area (Å²) in [6, 6.07) is 7.30. The third-order valence-corrected chi connectivity index (χ3v) is 3.97. The molecule has 0 aliphatic heterocycles. The van der Waals surface area contributed by atoms with E-state index in [-0.39, 0.29) is 0 Å².